The Morgan fingerprint density at radius 2 is 2.13 bits per heavy atom. The first-order valence-electron chi connectivity index (χ1n) is 7.52. The summed E-state index contributed by atoms with van der Waals surface area (Å²) in [6.07, 6.45) is 0.435. The number of hydrogen-bond donors (Lipinski definition) is 2. The summed E-state index contributed by atoms with van der Waals surface area (Å²) < 4.78 is 14.1. The molecule has 1 fully saturated rings. The molecule has 0 aliphatic carbocycles. The minimum absolute atomic E-state index is 0.0347. The van der Waals surface area contributed by atoms with E-state index in [0.717, 1.165) is 0 Å². The van der Waals surface area contributed by atoms with E-state index in [4.69, 9.17) is 16.7 Å². The predicted octanol–water partition coefficient (Wildman–Crippen LogP) is 3.29. The first kappa shape index (κ1) is 17.5. The lowest BCUT2D eigenvalue weighted by Gasteiger charge is -2.26. The Labute approximate surface area is 139 Å². The first-order valence-corrected chi connectivity index (χ1v) is 7.90. The molecule has 0 bridgehead atoms. The Morgan fingerprint density at radius 3 is 2.65 bits per heavy atom. The van der Waals surface area contributed by atoms with Crippen molar-refractivity contribution in [2.45, 2.75) is 26.3 Å². The third-order valence-electron chi connectivity index (χ3n) is 4.07. The number of amides is 2. The van der Waals surface area contributed by atoms with Crippen LogP contribution in [0.3, 0.4) is 0 Å². The molecule has 2 amide bonds. The summed E-state index contributed by atoms with van der Waals surface area (Å²) in [6, 6.07) is 3.48. The number of carboxylic acid groups (broad SMARTS) is 1. The van der Waals surface area contributed by atoms with E-state index in [-0.39, 0.29) is 18.5 Å². The first-order chi connectivity index (χ1) is 10.8. The summed E-state index contributed by atoms with van der Waals surface area (Å²) in [6.45, 7) is 4.32. The molecular formula is C16H20ClFN2O3. The van der Waals surface area contributed by atoms with Crippen LogP contribution < -0.4 is 5.32 Å². The molecule has 2 unspecified atom stereocenters. The topological polar surface area (TPSA) is 69.6 Å². The molecule has 0 saturated carbocycles. The summed E-state index contributed by atoms with van der Waals surface area (Å²) in [7, 11) is 0. The molecule has 1 saturated heterocycles. The van der Waals surface area contributed by atoms with E-state index >= 15 is 0 Å². The highest BCUT2D eigenvalue weighted by molar-refractivity contribution is 6.30. The Balaban J connectivity index is 2.11. The zero-order valence-electron chi connectivity index (χ0n) is 13.1. The molecule has 1 aromatic carbocycles. The van der Waals surface area contributed by atoms with Gasteiger partial charge in [-0.05, 0) is 24.5 Å². The van der Waals surface area contributed by atoms with Crippen LogP contribution in [0.1, 0.15) is 31.9 Å². The number of benzene rings is 1. The van der Waals surface area contributed by atoms with E-state index in [0.29, 0.717) is 23.6 Å². The second-order valence-corrected chi connectivity index (χ2v) is 6.54. The van der Waals surface area contributed by atoms with Crippen molar-refractivity contribution in [3.63, 3.8) is 0 Å². The maximum absolute atomic E-state index is 14.1. The van der Waals surface area contributed by atoms with Gasteiger partial charge < -0.3 is 15.3 Å². The van der Waals surface area contributed by atoms with Crippen molar-refractivity contribution in [1.29, 1.82) is 0 Å². The molecule has 0 radical (unpaired) electrons. The van der Waals surface area contributed by atoms with Gasteiger partial charge in [-0.15, -0.1) is 0 Å². The van der Waals surface area contributed by atoms with Gasteiger partial charge in [0.15, 0.2) is 0 Å². The van der Waals surface area contributed by atoms with Gasteiger partial charge in [0.25, 0.3) is 0 Å². The zero-order chi connectivity index (χ0) is 17.1. The molecule has 1 aliphatic heterocycles. The molecule has 126 valence electrons. The minimum atomic E-state index is -0.899. The van der Waals surface area contributed by atoms with Crippen LogP contribution in [0.5, 0.6) is 0 Å². The lowest BCUT2D eigenvalue weighted by molar-refractivity contribution is -0.141. The Bertz CT molecular complexity index is 609. The van der Waals surface area contributed by atoms with E-state index in [9.17, 15) is 14.0 Å². The van der Waals surface area contributed by atoms with E-state index in [2.05, 4.69) is 5.32 Å². The third kappa shape index (κ3) is 4.13. The number of urea groups is 1. The van der Waals surface area contributed by atoms with Crippen LogP contribution in [-0.4, -0.2) is 35.1 Å². The lowest BCUT2D eigenvalue weighted by atomic mass is 9.95. The van der Waals surface area contributed by atoms with Crippen LogP contribution in [-0.2, 0) is 4.79 Å². The highest BCUT2D eigenvalue weighted by Gasteiger charge is 2.32. The number of rotatable bonds is 4. The van der Waals surface area contributed by atoms with Gasteiger partial charge in [0.2, 0.25) is 0 Å². The van der Waals surface area contributed by atoms with Gasteiger partial charge in [0.1, 0.15) is 5.82 Å². The number of aliphatic carboxylic acids is 1. The monoisotopic (exact) mass is 342 g/mol. The molecule has 5 nitrogen and oxygen atoms in total. The van der Waals surface area contributed by atoms with Gasteiger partial charge >= 0.3 is 12.0 Å². The fraction of sp³-hybridized carbons (Fsp3) is 0.500. The quantitative estimate of drug-likeness (QED) is 0.882. The number of carbonyl (C=O) groups is 2. The summed E-state index contributed by atoms with van der Waals surface area (Å²) in [4.78, 5) is 24.8. The van der Waals surface area contributed by atoms with Gasteiger partial charge in [-0.3, -0.25) is 4.79 Å². The molecular weight excluding hydrogens is 323 g/mol. The molecule has 1 heterocycles. The summed E-state index contributed by atoms with van der Waals surface area (Å²) in [5, 5.41) is 12.1. The highest BCUT2D eigenvalue weighted by atomic mass is 35.5. The van der Waals surface area contributed by atoms with Crippen molar-refractivity contribution in [2.75, 3.05) is 13.1 Å². The van der Waals surface area contributed by atoms with Crippen LogP contribution in [0.15, 0.2) is 18.2 Å². The summed E-state index contributed by atoms with van der Waals surface area (Å²) in [5.41, 5.74) is 0.367. The number of nitrogens with zero attached hydrogens (tertiary/aromatic N) is 1. The standard InChI is InChI=1S/C16H20ClFN2O3/c1-9(2)14(12-4-3-11(17)7-13(12)18)19-16(23)20-6-5-10(8-20)15(21)22/h3-4,7,9-10,14H,5-6,8H2,1-2H3,(H,19,23)(H,21,22). The van der Waals surface area contributed by atoms with Crippen LogP contribution in [0.25, 0.3) is 0 Å². The normalized spacial score (nSPS) is 19.0. The molecule has 7 heteroatoms. The molecule has 2 N–H and O–H groups in total. The molecule has 2 rings (SSSR count). The number of hydrogen-bond acceptors (Lipinski definition) is 2. The van der Waals surface area contributed by atoms with E-state index in [1.54, 1.807) is 12.1 Å². The Kier molecular flexibility index (Phi) is 5.46. The number of likely N-dealkylation sites (tertiary alicyclic amines) is 1. The van der Waals surface area contributed by atoms with E-state index < -0.39 is 23.7 Å². The zero-order valence-corrected chi connectivity index (χ0v) is 13.8. The van der Waals surface area contributed by atoms with E-state index in [1.165, 1.54) is 11.0 Å². The lowest BCUT2D eigenvalue weighted by Crippen LogP contribution is -2.42. The number of nitrogens with one attached hydrogen (secondary N) is 1. The third-order valence-corrected chi connectivity index (χ3v) is 4.30. The van der Waals surface area contributed by atoms with Crippen molar-refractivity contribution in [2.24, 2.45) is 11.8 Å². The number of carbonyl (C=O) groups excluding carboxylic acids is 1. The van der Waals surface area contributed by atoms with Crippen molar-refractivity contribution >= 4 is 23.6 Å². The molecule has 1 aromatic rings. The molecule has 23 heavy (non-hydrogen) atoms. The van der Waals surface area contributed by atoms with Gasteiger partial charge in [-0.1, -0.05) is 31.5 Å². The highest BCUT2D eigenvalue weighted by Crippen LogP contribution is 2.27. The average molecular weight is 343 g/mol. The van der Waals surface area contributed by atoms with Crippen LogP contribution in [0, 0.1) is 17.7 Å². The second kappa shape index (κ2) is 7.17. The maximum atomic E-state index is 14.1. The molecule has 1 aliphatic rings. The largest absolute Gasteiger partial charge is 0.481 e. The average Bonchev–Trinajstić information content (AvgIpc) is 2.95. The number of carboxylic acids is 1. The van der Waals surface area contributed by atoms with Crippen LogP contribution >= 0.6 is 11.6 Å². The van der Waals surface area contributed by atoms with Crippen LogP contribution in [0.4, 0.5) is 9.18 Å². The van der Waals surface area contributed by atoms with E-state index in [1.807, 2.05) is 13.8 Å². The maximum Gasteiger partial charge on any atom is 0.317 e. The second-order valence-electron chi connectivity index (χ2n) is 6.11. The molecule has 2 atom stereocenters. The number of halogens is 2. The Morgan fingerprint density at radius 1 is 1.43 bits per heavy atom. The van der Waals surface area contributed by atoms with Crippen molar-refractivity contribution in [3.8, 4) is 0 Å². The summed E-state index contributed by atoms with van der Waals surface area (Å²) in [5.74, 6) is -1.94. The fourth-order valence-electron chi connectivity index (χ4n) is 2.73. The van der Waals surface area contributed by atoms with Crippen LogP contribution in [0.2, 0.25) is 5.02 Å². The minimum Gasteiger partial charge on any atom is -0.481 e. The fourth-order valence-corrected chi connectivity index (χ4v) is 2.89. The van der Waals surface area contributed by atoms with Crippen molar-refractivity contribution < 1.29 is 19.1 Å². The van der Waals surface area contributed by atoms with Gasteiger partial charge in [-0.2, -0.15) is 0 Å². The summed E-state index contributed by atoms with van der Waals surface area (Å²) >= 11 is 5.77. The van der Waals surface area contributed by atoms with Gasteiger partial charge in [0, 0.05) is 23.7 Å². The predicted molar refractivity (Wildman–Crippen MR) is 84.8 cm³/mol. The molecule has 0 aromatic heterocycles. The van der Waals surface area contributed by atoms with Gasteiger partial charge in [0.05, 0.1) is 12.0 Å². The Hall–Kier alpha value is -1.82. The van der Waals surface area contributed by atoms with Crippen molar-refractivity contribution in [1.82, 2.24) is 10.2 Å². The SMILES string of the molecule is CC(C)C(NC(=O)N1CCC(C(=O)O)C1)c1ccc(Cl)cc1F. The van der Waals surface area contributed by atoms with Crippen molar-refractivity contribution in [3.05, 3.63) is 34.6 Å². The van der Waals surface area contributed by atoms with Gasteiger partial charge in [-0.25, -0.2) is 9.18 Å². The smallest absolute Gasteiger partial charge is 0.317 e. The molecule has 0 spiro atoms.